The summed E-state index contributed by atoms with van der Waals surface area (Å²) in [6, 6.07) is 34.8. The van der Waals surface area contributed by atoms with Gasteiger partial charge in [-0.15, -0.1) is 0 Å². The van der Waals surface area contributed by atoms with Crippen LogP contribution < -0.4 is 9.91 Å². The summed E-state index contributed by atoms with van der Waals surface area (Å²) in [6.45, 7) is 0. The lowest BCUT2D eigenvalue weighted by atomic mass is 9.88. The van der Waals surface area contributed by atoms with Crippen LogP contribution in [0.2, 0.25) is 0 Å². The molecule has 0 unspecified atom stereocenters. The third-order valence-electron chi connectivity index (χ3n) is 7.71. The molecule has 0 radical (unpaired) electrons. The molecule has 5 aromatic carbocycles. The second-order valence-electron chi connectivity index (χ2n) is 10.0. The molecule has 1 atom stereocenters. The van der Waals surface area contributed by atoms with Crippen LogP contribution in [-0.4, -0.2) is 28.6 Å². The summed E-state index contributed by atoms with van der Waals surface area (Å²) >= 11 is 0. The van der Waals surface area contributed by atoms with Gasteiger partial charge < -0.3 is 5.11 Å². The highest BCUT2D eigenvalue weighted by atomic mass is 16.4. The van der Waals surface area contributed by atoms with Crippen LogP contribution in [0.4, 0.5) is 11.4 Å². The summed E-state index contributed by atoms with van der Waals surface area (Å²) < 4.78 is 0. The van der Waals surface area contributed by atoms with E-state index in [1.165, 1.54) is 4.90 Å². The van der Waals surface area contributed by atoms with Crippen LogP contribution in [0.3, 0.4) is 0 Å². The van der Waals surface area contributed by atoms with E-state index in [4.69, 9.17) is 5.10 Å². The molecule has 7 rings (SSSR count). The molecule has 1 N–H and O–H groups in total. The van der Waals surface area contributed by atoms with Crippen molar-refractivity contribution in [2.45, 2.75) is 12.5 Å². The molecule has 2 heterocycles. The van der Waals surface area contributed by atoms with E-state index in [1.54, 1.807) is 60.7 Å². The average molecular weight is 538 g/mol. The Morgan fingerprint density at radius 3 is 2.00 bits per heavy atom. The lowest BCUT2D eigenvalue weighted by molar-refractivity contribution is 0.0696. The maximum absolute atomic E-state index is 13.6. The maximum Gasteiger partial charge on any atom is 0.335 e. The van der Waals surface area contributed by atoms with E-state index in [1.807, 2.05) is 47.5 Å². The highest BCUT2D eigenvalue weighted by Crippen LogP contribution is 2.40. The van der Waals surface area contributed by atoms with Crippen molar-refractivity contribution in [1.29, 1.82) is 0 Å². The number of carbonyl (C=O) groups is 3. The predicted molar refractivity (Wildman–Crippen MR) is 158 cm³/mol. The third kappa shape index (κ3) is 3.98. The number of carbonyl (C=O) groups excluding carboxylic acids is 2. The largest absolute Gasteiger partial charge is 0.478 e. The van der Waals surface area contributed by atoms with Crippen LogP contribution in [-0.2, 0) is 0 Å². The van der Waals surface area contributed by atoms with Crippen LogP contribution in [0, 0.1) is 0 Å². The van der Waals surface area contributed by atoms with Crippen molar-refractivity contribution in [3.05, 3.63) is 143 Å². The lowest BCUT2D eigenvalue weighted by Crippen LogP contribution is -2.40. The zero-order chi connectivity index (χ0) is 28.1. The van der Waals surface area contributed by atoms with Gasteiger partial charge in [-0.25, -0.2) is 9.69 Å². The highest BCUT2D eigenvalue weighted by Gasteiger charge is 2.36. The van der Waals surface area contributed by atoms with E-state index in [2.05, 4.69) is 12.1 Å². The minimum absolute atomic E-state index is 0.121. The number of aromatic carboxylic acids is 1. The second kappa shape index (κ2) is 9.57. The van der Waals surface area contributed by atoms with Gasteiger partial charge in [-0.2, -0.15) is 5.10 Å². The number of rotatable bonds is 5. The van der Waals surface area contributed by atoms with Crippen LogP contribution in [0.25, 0.3) is 10.8 Å². The molecule has 0 aromatic heterocycles. The fraction of sp³-hybridized carbons (Fsp3) is 0.0588. The van der Waals surface area contributed by atoms with E-state index >= 15 is 0 Å². The molecule has 0 saturated heterocycles. The van der Waals surface area contributed by atoms with E-state index in [9.17, 15) is 19.5 Å². The Labute approximate surface area is 235 Å². The Morgan fingerprint density at radius 2 is 1.32 bits per heavy atom. The molecule has 2 aliphatic rings. The Bertz CT molecular complexity index is 1860. The van der Waals surface area contributed by atoms with Gasteiger partial charge in [0.15, 0.2) is 0 Å². The van der Waals surface area contributed by atoms with Crippen molar-refractivity contribution in [3.8, 4) is 0 Å². The summed E-state index contributed by atoms with van der Waals surface area (Å²) in [7, 11) is 0. The van der Waals surface area contributed by atoms with Gasteiger partial charge >= 0.3 is 5.97 Å². The number of carboxylic acid groups (broad SMARTS) is 1. The number of nitrogens with zero attached hydrogens (tertiary/aromatic N) is 3. The van der Waals surface area contributed by atoms with Gasteiger partial charge in [-0.1, -0.05) is 66.7 Å². The van der Waals surface area contributed by atoms with Crippen molar-refractivity contribution in [2.75, 3.05) is 9.91 Å². The molecule has 0 spiro atoms. The summed E-state index contributed by atoms with van der Waals surface area (Å²) in [5.74, 6) is -1.69. The van der Waals surface area contributed by atoms with Crippen LogP contribution in [0.1, 0.15) is 54.7 Å². The van der Waals surface area contributed by atoms with E-state index in [0.717, 1.165) is 27.9 Å². The number of hydrazone groups is 1. The monoisotopic (exact) mass is 537 g/mol. The number of amides is 2. The fourth-order valence-electron chi connectivity index (χ4n) is 5.76. The zero-order valence-electron chi connectivity index (χ0n) is 21.8. The Balaban J connectivity index is 1.35. The number of para-hydroxylation sites is 1. The molecule has 7 heteroatoms. The van der Waals surface area contributed by atoms with Gasteiger partial charge in [-0.05, 0) is 59.5 Å². The van der Waals surface area contributed by atoms with Gasteiger partial charge in [0.1, 0.15) is 0 Å². The molecule has 0 saturated carbocycles. The lowest BCUT2D eigenvalue weighted by Gasteiger charge is -2.27. The number of anilines is 2. The van der Waals surface area contributed by atoms with Gasteiger partial charge in [0.2, 0.25) is 0 Å². The van der Waals surface area contributed by atoms with Gasteiger partial charge in [0.05, 0.1) is 28.7 Å². The first-order valence-electron chi connectivity index (χ1n) is 13.3. The first-order valence-corrected chi connectivity index (χ1v) is 13.3. The van der Waals surface area contributed by atoms with Crippen LogP contribution in [0.15, 0.2) is 120 Å². The SMILES string of the molecule is O=C(O)c1ccc(N2N=C(c3ccc4c5c(cccc35)C(=O)N(c3ccccc3)C4=O)C[C@H]2c2ccccc2)cc1. The van der Waals surface area contributed by atoms with E-state index in [-0.39, 0.29) is 23.4 Å². The fourth-order valence-corrected chi connectivity index (χ4v) is 5.76. The van der Waals surface area contributed by atoms with Crippen molar-refractivity contribution in [2.24, 2.45) is 5.10 Å². The molecule has 7 nitrogen and oxygen atoms in total. The van der Waals surface area contributed by atoms with Crippen LogP contribution >= 0.6 is 0 Å². The molecule has 0 aliphatic carbocycles. The van der Waals surface area contributed by atoms with E-state index < -0.39 is 5.97 Å². The number of carboxylic acids is 1. The van der Waals surface area contributed by atoms with Gasteiger partial charge in [0, 0.05) is 28.5 Å². The summed E-state index contributed by atoms with van der Waals surface area (Å²) in [4.78, 5) is 39.9. The minimum Gasteiger partial charge on any atom is -0.478 e. The number of benzene rings is 5. The second-order valence-corrected chi connectivity index (χ2v) is 10.0. The number of hydrogen-bond acceptors (Lipinski definition) is 5. The average Bonchev–Trinajstić information content (AvgIpc) is 3.46. The predicted octanol–water partition coefficient (Wildman–Crippen LogP) is 6.69. The normalized spacial score (nSPS) is 16.3. The minimum atomic E-state index is -0.986. The summed E-state index contributed by atoms with van der Waals surface area (Å²) in [6.07, 6.45) is 0.585. The standard InChI is InChI=1S/C34H23N3O4/c38-32-27-13-7-12-26-25(18-19-28(31(26)27)33(39)36(32)23-10-5-2-6-11-23)29-20-30(21-8-3-1-4-9-21)37(35-29)24-16-14-22(15-17-24)34(40)41/h1-19,30H,20H2,(H,40,41)/t30-/m0/s1. The zero-order valence-corrected chi connectivity index (χ0v) is 21.8. The molecule has 0 fully saturated rings. The molecule has 41 heavy (non-hydrogen) atoms. The topological polar surface area (TPSA) is 90.3 Å². The molecule has 2 aliphatic heterocycles. The van der Waals surface area contributed by atoms with Crippen molar-refractivity contribution in [1.82, 2.24) is 0 Å². The maximum atomic E-state index is 13.6. The van der Waals surface area contributed by atoms with Crippen molar-refractivity contribution >= 4 is 45.6 Å². The number of hydrogen-bond donors (Lipinski definition) is 1. The van der Waals surface area contributed by atoms with Crippen LogP contribution in [0.5, 0.6) is 0 Å². The van der Waals surface area contributed by atoms with Gasteiger partial charge in [0.25, 0.3) is 11.8 Å². The quantitative estimate of drug-likeness (QED) is 0.252. The Hall–Kier alpha value is -5.56. The molecule has 2 amide bonds. The van der Waals surface area contributed by atoms with E-state index in [0.29, 0.717) is 28.6 Å². The molecule has 198 valence electrons. The Kier molecular flexibility index (Phi) is 5.71. The first-order chi connectivity index (χ1) is 20.0. The molecule has 5 aromatic rings. The third-order valence-corrected chi connectivity index (χ3v) is 7.71. The highest BCUT2D eigenvalue weighted by molar-refractivity contribution is 6.36. The van der Waals surface area contributed by atoms with Crippen molar-refractivity contribution < 1.29 is 19.5 Å². The molecule has 0 bridgehead atoms. The molecular weight excluding hydrogens is 514 g/mol. The number of imide groups is 1. The summed E-state index contributed by atoms with van der Waals surface area (Å²) in [5, 5.41) is 17.7. The Morgan fingerprint density at radius 1 is 0.683 bits per heavy atom. The van der Waals surface area contributed by atoms with Gasteiger partial charge in [-0.3, -0.25) is 14.6 Å². The van der Waals surface area contributed by atoms with Crippen molar-refractivity contribution in [3.63, 3.8) is 0 Å². The first kappa shape index (κ1) is 24.5. The molecular formula is C34H23N3O4. The smallest absolute Gasteiger partial charge is 0.335 e. The summed E-state index contributed by atoms with van der Waals surface area (Å²) in [5.41, 5.74) is 5.19.